The van der Waals surface area contributed by atoms with Crippen LogP contribution in [0.1, 0.15) is 11.3 Å². The predicted molar refractivity (Wildman–Crippen MR) is 107 cm³/mol. The van der Waals surface area contributed by atoms with Gasteiger partial charge in [0.25, 0.3) is 0 Å². The molecule has 1 aliphatic heterocycles. The molecule has 5 rings (SSSR count). The molecule has 0 unspecified atom stereocenters. The van der Waals surface area contributed by atoms with E-state index in [-0.39, 0.29) is 5.75 Å². The van der Waals surface area contributed by atoms with E-state index < -0.39 is 0 Å². The van der Waals surface area contributed by atoms with Gasteiger partial charge in [-0.1, -0.05) is 24.3 Å². The normalized spacial score (nSPS) is 14.4. The molecule has 28 heavy (non-hydrogen) atoms. The van der Waals surface area contributed by atoms with Crippen LogP contribution in [0.5, 0.6) is 11.5 Å². The predicted octanol–water partition coefficient (Wildman–Crippen LogP) is 4.60. The number of rotatable bonds is 3. The molecule has 1 N–H and O–H groups in total. The summed E-state index contributed by atoms with van der Waals surface area (Å²) in [7, 11) is 0. The SMILES string of the molecule is Oc1cc(-c2cccnc2)cc2c1OCCN(Cc1cc3ccccc3o1)C2. The highest BCUT2D eigenvalue weighted by Gasteiger charge is 2.21. The molecule has 140 valence electrons. The van der Waals surface area contributed by atoms with Crippen molar-refractivity contribution in [1.82, 2.24) is 9.88 Å². The molecule has 0 saturated heterocycles. The highest BCUT2D eigenvalue weighted by atomic mass is 16.5. The van der Waals surface area contributed by atoms with Crippen molar-refractivity contribution in [3.63, 3.8) is 0 Å². The first kappa shape index (κ1) is 16.8. The number of hydrogen-bond donors (Lipinski definition) is 1. The Morgan fingerprint density at radius 1 is 1.04 bits per heavy atom. The van der Waals surface area contributed by atoms with Crippen molar-refractivity contribution in [2.24, 2.45) is 0 Å². The zero-order valence-electron chi connectivity index (χ0n) is 15.3. The van der Waals surface area contributed by atoms with Crippen molar-refractivity contribution in [1.29, 1.82) is 0 Å². The molecule has 3 heterocycles. The van der Waals surface area contributed by atoms with Gasteiger partial charge in [0.15, 0.2) is 11.5 Å². The van der Waals surface area contributed by atoms with Gasteiger partial charge in [-0.05, 0) is 35.9 Å². The molecule has 5 nitrogen and oxygen atoms in total. The van der Waals surface area contributed by atoms with E-state index in [0.717, 1.165) is 40.0 Å². The van der Waals surface area contributed by atoms with Crippen LogP contribution < -0.4 is 4.74 Å². The lowest BCUT2D eigenvalue weighted by Gasteiger charge is -2.18. The maximum atomic E-state index is 10.5. The van der Waals surface area contributed by atoms with Crippen LogP contribution in [0.3, 0.4) is 0 Å². The second-order valence-corrected chi connectivity index (χ2v) is 7.03. The summed E-state index contributed by atoms with van der Waals surface area (Å²) in [6.45, 7) is 2.64. The number of phenols is 1. The molecule has 0 bridgehead atoms. The van der Waals surface area contributed by atoms with Gasteiger partial charge < -0.3 is 14.3 Å². The van der Waals surface area contributed by atoms with E-state index in [0.29, 0.717) is 25.4 Å². The Hall–Kier alpha value is -3.31. The minimum atomic E-state index is 0.168. The van der Waals surface area contributed by atoms with Crippen molar-refractivity contribution in [3.8, 4) is 22.6 Å². The molecule has 0 spiro atoms. The van der Waals surface area contributed by atoms with E-state index in [2.05, 4.69) is 28.1 Å². The number of benzene rings is 2. The van der Waals surface area contributed by atoms with Crippen LogP contribution in [0.25, 0.3) is 22.1 Å². The number of aromatic nitrogens is 1. The summed E-state index contributed by atoms with van der Waals surface area (Å²) in [6.07, 6.45) is 3.54. The minimum absolute atomic E-state index is 0.168. The third-order valence-electron chi connectivity index (χ3n) is 5.04. The largest absolute Gasteiger partial charge is 0.504 e. The molecule has 4 aromatic rings. The lowest BCUT2D eigenvalue weighted by Crippen LogP contribution is -2.25. The van der Waals surface area contributed by atoms with Crippen LogP contribution in [0.2, 0.25) is 0 Å². The number of phenolic OH excluding ortho intramolecular Hbond substituents is 1. The van der Waals surface area contributed by atoms with Gasteiger partial charge >= 0.3 is 0 Å². The second kappa shape index (κ2) is 7.02. The molecule has 0 radical (unpaired) electrons. The number of pyridine rings is 1. The topological polar surface area (TPSA) is 58.7 Å². The molecular weight excluding hydrogens is 352 g/mol. The number of hydrogen-bond acceptors (Lipinski definition) is 5. The Morgan fingerprint density at radius 2 is 1.96 bits per heavy atom. The van der Waals surface area contributed by atoms with Crippen LogP contribution in [0.4, 0.5) is 0 Å². The first-order valence-electron chi connectivity index (χ1n) is 9.35. The fourth-order valence-electron chi connectivity index (χ4n) is 3.72. The zero-order chi connectivity index (χ0) is 18.9. The minimum Gasteiger partial charge on any atom is -0.504 e. The van der Waals surface area contributed by atoms with Gasteiger partial charge in [-0.25, -0.2) is 0 Å². The molecule has 0 aliphatic carbocycles. The molecule has 0 atom stereocenters. The fourth-order valence-corrected chi connectivity index (χ4v) is 3.72. The highest BCUT2D eigenvalue weighted by molar-refractivity contribution is 5.77. The third-order valence-corrected chi connectivity index (χ3v) is 5.04. The van der Waals surface area contributed by atoms with E-state index in [9.17, 15) is 5.11 Å². The summed E-state index contributed by atoms with van der Waals surface area (Å²) in [5.74, 6) is 1.67. The summed E-state index contributed by atoms with van der Waals surface area (Å²) in [5, 5.41) is 11.6. The van der Waals surface area contributed by atoms with Gasteiger partial charge in [-0.2, -0.15) is 0 Å². The Labute approximate surface area is 162 Å². The van der Waals surface area contributed by atoms with Crippen molar-refractivity contribution < 1.29 is 14.3 Å². The van der Waals surface area contributed by atoms with Crippen LogP contribution in [0.15, 0.2) is 71.4 Å². The van der Waals surface area contributed by atoms with Crippen LogP contribution in [0, 0.1) is 0 Å². The van der Waals surface area contributed by atoms with Crippen molar-refractivity contribution in [2.45, 2.75) is 13.1 Å². The van der Waals surface area contributed by atoms with Crippen LogP contribution in [-0.2, 0) is 13.1 Å². The summed E-state index contributed by atoms with van der Waals surface area (Å²) >= 11 is 0. The van der Waals surface area contributed by atoms with Gasteiger partial charge in [0.2, 0.25) is 0 Å². The number of aromatic hydroxyl groups is 1. The van der Waals surface area contributed by atoms with Gasteiger partial charge in [0.1, 0.15) is 18.0 Å². The Balaban J connectivity index is 1.44. The van der Waals surface area contributed by atoms with Crippen molar-refractivity contribution in [3.05, 3.63) is 78.3 Å². The average molecular weight is 372 g/mol. The summed E-state index contributed by atoms with van der Waals surface area (Å²) in [5.41, 5.74) is 3.76. The van der Waals surface area contributed by atoms with Gasteiger partial charge in [-0.15, -0.1) is 0 Å². The molecule has 1 aliphatic rings. The fraction of sp³-hybridized carbons (Fsp3) is 0.174. The Kier molecular flexibility index (Phi) is 4.22. The Morgan fingerprint density at radius 3 is 2.82 bits per heavy atom. The first-order valence-corrected chi connectivity index (χ1v) is 9.35. The highest BCUT2D eigenvalue weighted by Crippen LogP contribution is 2.37. The summed E-state index contributed by atoms with van der Waals surface area (Å²) in [6, 6.07) is 17.8. The van der Waals surface area contributed by atoms with Crippen LogP contribution >= 0.6 is 0 Å². The maximum Gasteiger partial charge on any atom is 0.165 e. The number of nitrogens with zero attached hydrogens (tertiary/aromatic N) is 2. The Bertz CT molecular complexity index is 1090. The quantitative estimate of drug-likeness (QED) is 0.570. The van der Waals surface area contributed by atoms with Gasteiger partial charge in [0, 0.05) is 42.0 Å². The van der Waals surface area contributed by atoms with Gasteiger partial charge in [0.05, 0.1) is 6.54 Å². The first-order chi connectivity index (χ1) is 13.8. The van der Waals surface area contributed by atoms with Crippen LogP contribution in [-0.4, -0.2) is 28.1 Å². The number of ether oxygens (including phenoxy) is 1. The standard InChI is InChI=1S/C23H20N2O3/c26-21-12-18(17-5-3-7-24-13-17)10-19-14-25(8-9-27-23(19)21)15-20-11-16-4-1-2-6-22(16)28-20/h1-7,10-13,26H,8-9,14-15H2. The molecule has 0 fully saturated rings. The molecule has 0 amide bonds. The molecule has 5 heteroatoms. The van der Waals surface area contributed by atoms with Gasteiger partial charge in [-0.3, -0.25) is 9.88 Å². The number of para-hydroxylation sites is 1. The monoisotopic (exact) mass is 372 g/mol. The van der Waals surface area contributed by atoms with E-state index >= 15 is 0 Å². The lowest BCUT2D eigenvalue weighted by molar-refractivity contribution is 0.206. The van der Waals surface area contributed by atoms with E-state index in [1.807, 2.05) is 30.3 Å². The molecule has 2 aromatic heterocycles. The van der Waals surface area contributed by atoms with Crippen molar-refractivity contribution >= 4 is 11.0 Å². The smallest absolute Gasteiger partial charge is 0.165 e. The molecule has 2 aromatic carbocycles. The zero-order valence-corrected chi connectivity index (χ0v) is 15.3. The third kappa shape index (κ3) is 3.21. The number of furan rings is 1. The average Bonchev–Trinajstić information content (AvgIpc) is 3.00. The lowest BCUT2D eigenvalue weighted by atomic mass is 10.0. The second-order valence-electron chi connectivity index (χ2n) is 7.03. The number of fused-ring (bicyclic) bond motifs is 2. The molecule has 0 saturated carbocycles. The summed E-state index contributed by atoms with van der Waals surface area (Å²) < 4.78 is 11.8. The van der Waals surface area contributed by atoms with E-state index in [1.54, 1.807) is 18.5 Å². The molecular formula is C23H20N2O3. The maximum absolute atomic E-state index is 10.5. The van der Waals surface area contributed by atoms with E-state index in [1.165, 1.54) is 0 Å². The van der Waals surface area contributed by atoms with E-state index in [4.69, 9.17) is 9.15 Å². The van der Waals surface area contributed by atoms with Crippen molar-refractivity contribution in [2.75, 3.05) is 13.2 Å². The summed E-state index contributed by atoms with van der Waals surface area (Å²) in [4.78, 5) is 6.45.